The highest BCUT2D eigenvalue weighted by molar-refractivity contribution is 5.86. The zero-order chi connectivity index (χ0) is 9.03. The second-order valence-corrected chi connectivity index (χ2v) is 3.42. The highest BCUT2D eigenvalue weighted by Crippen LogP contribution is 2.30. The topological polar surface area (TPSA) is 38.3 Å². The van der Waals surface area contributed by atoms with Gasteiger partial charge in [-0.05, 0) is 19.4 Å². The molecule has 1 atom stereocenters. The molecule has 1 aliphatic heterocycles. The molecule has 1 fully saturated rings. The molecule has 1 saturated heterocycles. The average Bonchev–Trinajstić information content (AvgIpc) is 2.54. The van der Waals surface area contributed by atoms with Crippen LogP contribution in [0.25, 0.3) is 0 Å². The number of nitrogens with one attached hydrogen (secondary N) is 1. The van der Waals surface area contributed by atoms with E-state index in [1.54, 1.807) is 7.11 Å². The van der Waals surface area contributed by atoms with Gasteiger partial charge in [0.2, 0.25) is 0 Å². The van der Waals surface area contributed by atoms with E-state index in [2.05, 4.69) is 12.2 Å². The molecule has 0 aromatic rings. The molecule has 1 N–H and O–H groups in total. The molecule has 0 bridgehead atoms. The Balaban J connectivity index is 2.59. The van der Waals surface area contributed by atoms with Gasteiger partial charge in [0, 0.05) is 19.1 Å². The quantitative estimate of drug-likeness (QED) is 0.673. The van der Waals surface area contributed by atoms with E-state index in [-0.39, 0.29) is 17.8 Å². The minimum atomic E-state index is -0.129. The predicted molar refractivity (Wildman–Crippen MR) is 47.1 cm³/mol. The lowest BCUT2D eigenvalue weighted by Gasteiger charge is -2.24. The number of Topliss-reactive ketones (excluding diaryl/α,β-unsaturated/α-hetero) is 1. The van der Waals surface area contributed by atoms with Crippen molar-refractivity contribution in [1.82, 2.24) is 5.32 Å². The average molecular weight is 171 g/mol. The predicted octanol–water partition coefficient (Wildman–Crippen LogP) is 0.592. The molecule has 1 aliphatic rings. The highest BCUT2D eigenvalue weighted by Gasteiger charge is 2.38. The number of methoxy groups -OCH3 is 1. The molecule has 0 aliphatic carbocycles. The summed E-state index contributed by atoms with van der Waals surface area (Å²) < 4.78 is 4.87. The molecule has 1 heterocycles. The molecule has 0 amide bonds. The lowest BCUT2D eigenvalue weighted by molar-refractivity contribution is -0.131. The first-order chi connectivity index (χ1) is 5.75. The third kappa shape index (κ3) is 1.67. The molecule has 0 aromatic heterocycles. The molecule has 12 heavy (non-hydrogen) atoms. The van der Waals surface area contributed by atoms with Gasteiger partial charge >= 0.3 is 0 Å². The summed E-state index contributed by atoms with van der Waals surface area (Å²) in [6.45, 7) is 4.12. The van der Waals surface area contributed by atoms with E-state index in [0.717, 1.165) is 25.9 Å². The van der Waals surface area contributed by atoms with Crippen molar-refractivity contribution in [2.75, 3.05) is 26.8 Å². The van der Waals surface area contributed by atoms with Gasteiger partial charge in [-0.2, -0.15) is 0 Å². The Morgan fingerprint density at radius 1 is 1.67 bits per heavy atom. The Bertz CT molecular complexity index is 162. The lowest BCUT2D eigenvalue weighted by Crippen LogP contribution is -2.35. The highest BCUT2D eigenvalue weighted by atomic mass is 16.5. The van der Waals surface area contributed by atoms with Crippen LogP contribution in [0.1, 0.15) is 19.8 Å². The fourth-order valence-corrected chi connectivity index (χ4v) is 1.76. The van der Waals surface area contributed by atoms with Gasteiger partial charge in [-0.15, -0.1) is 0 Å². The lowest BCUT2D eigenvalue weighted by atomic mass is 9.80. The van der Waals surface area contributed by atoms with E-state index in [9.17, 15) is 4.79 Å². The first-order valence-electron chi connectivity index (χ1n) is 4.48. The Labute approximate surface area is 73.5 Å². The van der Waals surface area contributed by atoms with Crippen molar-refractivity contribution in [1.29, 1.82) is 0 Å². The molecule has 0 spiro atoms. The van der Waals surface area contributed by atoms with Gasteiger partial charge < -0.3 is 10.1 Å². The van der Waals surface area contributed by atoms with Gasteiger partial charge in [0.15, 0.2) is 5.78 Å². The summed E-state index contributed by atoms with van der Waals surface area (Å²) in [5.74, 6) is 0.248. The minimum absolute atomic E-state index is 0.129. The molecule has 1 rings (SSSR count). The summed E-state index contributed by atoms with van der Waals surface area (Å²) >= 11 is 0. The van der Waals surface area contributed by atoms with Gasteiger partial charge in [-0.25, -0.2) is 0 Å². The number of hydrogen-bond donors (Lipinski definition) is 1. The second kappa shape index (κ2) is 4.01. The number of rotatable bonds is 4. The normalized spacial score (nSPS) is 29.2. The van der Waals surface area contributed by atoms with Gasteiger partial charge in [0.1, 0.15) is 6.61 Å². The summed E-state index contributed by atoms with van der Waals surface area (Å²) in [6, 6.07) is 0. The van der Waals surface area contributed by atoms with E-state index in [1.165, 1.54) is 0 Å². The molecular weight excluding hydrogens is 154 g/mol. The van der Waals surface area contributed by atoms with Gasteiger partial charge in [0.25, 0.3) is 0 Å². The second-order valence-electron chi connectivity index (χ2n) is 3.42. The van der Waals surface area contributed by atoms with E-state index < -0.39 is 0 Å². The van der Waals surface area contributed by atoms with Crippen molar-refractivity contribution in [2.24, 2.45) is 5.41 Å². The molecule has 3 nitrogen and oxygen atoms in total. The molecule has 3 heteroatoms. The first-order valence-corrected chi connectivity index (χ1v) is 4.48. The monoisotopic (exact) mass is 171 g/mol. The Hall–Kier alpha value is -0.410. The summed E-state index contributed by atoms with van der Waals surface area (Å²) in [7, 11) is 1.57. The largest absolute Gasteiger partial charge is 0.377 e. The zero-order valence-corrected chi connectivity index (χ0v) is 7.85. The first kappa shape index (κ1) is 9.68. The third-order valence-electron chi connectivity index (χ3n) is 2.79. The van der Waals surface area contributed by atoms with E-state index in [0.29, 0.717) is 0 Å². The van der Waals surface area contributed by atoms with Crippen molar-refractivity contribution in [3.8, 4) is 0 Å². The third-order valence-corrected chi connectivity index (χ3v) is 2.79. The van der Waals surface area contributed by atoms with E-state index >= 15 is 0 Å². The van der Waals surface area contributed by atoms with Crippen molar-refractivity contribution < 1.29 is 9.53 Å². The summed E-state index contributed by atoms with van der Waals surface area (Å²) in [6.07, 6.45) is 1.88. The molecular formula is C9H17NO2. The maximum atomic E-state index is 11.6. The molecule has 70 valence electrons. The van der Waals surface area contributed by atoms with Crippen LogP contribution in [0.15, 0.2) is 0 Å². The van der Waals surface area contributed by atoms with Crippen molar-refractivity contribution in [2.45, 2.75) is 19.8 Å². The van der Waals surface area contributed by atoms with E-state index in [1.807, 2.05) is 0 Å². The summed E-state index contributed by atoms with van der Waals surface area (Å²) in [5, 5.41) is 3.23. The van der Waals surface area contributed by atoms with Crippen molar-refractivity contribution in [3.63, 3.8) is 0 Å². The van der Waals surface area contributed by atoms with E-state index in [4.69, 9.17) is 4.74 Å². The smallest absolute Gasteiger partial charge is 0.165 e. The van der Waals surface area contributed by atoms with Gasteiger partial charge in [-0.1, -0.05) is 6.92 Å². The minimum Gasteiger partial charge on any atom is -0.377 e. The Kier molecular flexibility index (Phi) is 3.23. The standard InChI is InChI=1S/C9H17NO2/c1-3-9(4-5-10-7-9)8(11)6-12-2/h10H,3-7H2,1-2H3. The number of ether oxygens (including phenoxy) is 1. The van der Waals surface area contributed by atoms with Gasteiger partial charge in [0.05, 0.1) is 0 Å². The maximum absolute atomic E-state index is 11.6. The van der Waals surface area contributed by atoms with Crippen LogP contribution in [0.5, 0.6) is 0 Å². The van der Waals surface area contributed by atoms with Crippen molar-refractivity contribution >= 4 is 5.78 Å². The zero-order valence-electron chi connectivity index (χ0n) is 7.85. The molecule has 0 radical (unpaired) electrons. The van der Waals surface area contributed by atoms with Crippen molar-refractivity contribution in [3.05, 3.63) is 0 Å². The maximum Gasteiger partial charge on any atom is 0.165 e. The molecule has 0 saturated carbocycles. The van der Waals surface area contributed by atoms with Crippen LogP contribution >= 0.6 is 0 Å². The van der Waals surface area contributed by atoms with Crippen LogP contribution in [-0.2, 0) is 9.53 Å². The summed E-state index contributed by atoms with van der Waals surface area (Å²) in [4.78, 5) is 11.6. The van der Waals surface area contributed by atoms with Crippen LogP contribution in [0.3, 0.4) is 0 Å². The number of carbonyl (C=O) groups excluding carboxylic acids is 1. The molecule has 0 aromatic carbocycles. The fourth-order valence-electron chi connectivity index (χ4n) is 1.76. The number of carbonyl (C=O) groups is 1. The Morgan fingerprint density at radius 2 is 2.42 bits per heavy atom. The number of ketones is 1. The Morgan fingerprint density at radius 3 is 2.83 bits per heavy atom. The number of hydrogen-bond acceptors (Lipinski definition) is 3. The molecule has 1 unspecified atom stereocenters. The summed E-state index contributed by atoms with van der Waals surface area (Å²) in [5.41, 5.74) is -0.129. The SMILES string of the molecule is CCC1(C(=O)COC)CCNC1. The van der Waals surface area contributed by atoms with Crippen LogP contribution in [0.4, 0.5) is 0 Å². The van der Waals surface area contributed by atoms with Crippen LogP contribution in [-0.4, -0.2) is 32.6 Å². The van der Waals surface area contributed by atoms with Crippen LogP contribution in [0.2, 0.25) is 0 Å². The fraction of sp³-hybridized carbons (Fsp3) is 0.889. The van der Waals surface area contributed by atoms with Crippen LogP contribution in [0, 0.1) is 5.41 Å². The van der Waals surface area contributed by atoms with Gasteiger partial charge in [-0.3, -0.25) is 4.79 Å². The van der Waals surface area contributed by atoms with Crippen LogP contribution < -0.4 is 5.32 Å².